The van der Waals surface area contributed by atoms with E-state index >= 15 is 0 Å². The number of carbonyl (C=O) groups is 2. The number of hydrogen-bond donors (Lipinski definition) is 5. The molecule has 1 aliphatic heterocycles. The number of benzene rings is 3. The van der Waals surface area contributed by atoms with E-state index in [0.717, 1.165) is 12.8 Å². The van der Waals surface area contributed by atoms with Crippen LogP contribution in [0.4, 0.5) is 0 Å². The van der Waals surface area contributed by atoms with Gasteiger partial charge in [-0.2, -0.15) is 9.98 Å². The molecule has 1 saturated heterocycles. The Bertz CT molecular complexity index is 1530. The Morgan fingerprint density at radius 1 is 1.02 bits per heavy atom. The summed E-state index contributed by atoms with van der Waals surface area (Å²) in [5.41, 5.74) is 2.08. The normalized spacial score (nSPS) is 17.7. The van der Waals surface area contributed by atoms with Crippen LogP contribution in [0.2, 0.25) is 0 Å². The Balaban J connectivity index is 1.49. The summed E-state index contributed by atoms with van der Waals surface area (Å²) in [6.45, 7) is 0.359. The van der Waals surface area contributed by atoms with E-state index in [9.17, 15) is 32.4 Å². The highest BCUT2D eigenvalue weighted by Gasteiger charge is 2.39. The summed E-state index contributed by atoms with van der Waals surface area (Å²) in [7, 11) is -7.50. The lowest BCUT2D eigenvalue weighted by atomic mass is 9.97. The van der Waals surface area contributed by atoms with Crippen molar-refractivity contribution in [2.45, 2.75) is 48.3 Å². The number of sulfonamides is 1. The number of nitrogens with one attached hydrogen (secondary N) is 3. The highest BCUT2D eigenvalue weighted by Crippen LogP contribution is 2.56. The van der Waals surface area contributed by atoms with Crippen LogP contribution in [0, 0.1) is 11.3 Å². The van der Waals surface area contributed by atoms with Gasteiger partial charge in [0.2, 0.25) is 21.8 Å². The average Bonchev–Trinajstić information content (AvgIpc) is 3.24. The number of unbranched alkanes of at least 4 members (excludes halogenated alkanes) is 1. The van der Waals surface area contributed by atoms with Crippen molar-refractivity contribution in [2.24, 2.45) is 0 Å². The second kappa shape index (κ2) is 13.3. The first-order valence-electron chi connectivity index (χ1n) is 13.1. The predicted octanol–water partition coefficient (Wildman–Crippen LogP) is 3.81. The molecule has 1 heterocycles. The van der Waals surface area contributed by atoms with Gasteiger partial charge < -0.3 is 5.32 Å². The molecule has 0 aliphatic carbocycles. The van der Waals surface area contributed by atoms with Gasteiger partial charge in [0.25, 0.3) is 0 Å². The third-order valence-corrected chi connectivity index (χ3v) is 9.99. The fourth-order valence-corrected chi connectivity index (χ4v) is 7.39. The molecule has 10 nitrogen and oxygen atoms in total. The predicted molar refractivity (Wildman–Crippen MR) is 156 cm³/mol. The van der Waals surface area contributed by atoms with Crippen LogP contribution in [0.15, 0.2) is 83.8 Å². The Hall–Kier alpha value is -3.73. The average molecular weight is 597 g/mol. The molecule has 3 aromatic rings. The van der Waals surface area contributed by atoms with E-state index in [2.05, 4.69) is 14.8 Å². The first-order chi connectivity index (χ1) is 19.6. The number of rotatable bonds is 12. The highest BCUT2D eigenvalue weighted by molar-refractivity contribution is 8.23. The molecule has 0 spiro atoms. The molecule has 4 rings (SSSR count). The van der Waals surface area contributed by atoms with Gasteiger partial charge in [0.05, 0.1) is 22.9 Å². The van der Waals surface area contributed by atoms with Crippen LogP contribution in [-0.4, -0.2) is 41.9 Å². The summed E-state index contributed by atoms with van der Waals surface area (Å²) in [5, 5.41) is 11.6. The van der Waals surface area contributed by atoms with Crippen molar-refractivity contribution in [1.29, 1.82) is 5.26 Å². The molecule has 0 bridgehead atoms. The molecule has 1 aliphatic rings. The highest BCUT2D eigenvalue weighted by atomic mass is 32.3. The summed E-state index contributed by atoms with van der Waals surface area (Å²) < 4.78 is 51.4. The van der Waals surface area contributed by atoms with Crippen molar-refractivity contribution in [3.8, 4) is 6.07 Å². The van der Waals surface area contributed by atoms with Crippen molar-refractivity contribution < 1.29 is 27.1 Å². The molecule has 2 amide bonds. The van der Waals surface area contributed by atoms with Crippen molar-refractivity contribution >= 4 is 32.6 Å². The summed E-state index contributed by atoms with van der Waals surface area (Å²) in [6.07, 6.45) is 2.16. The van der Waals surface area contributed by atoms with Crippen molar-refractivity contribution in [3.05, 3.63) is 101 Å². The lowest BCUT2D eigenvalue weighted by Crippen LogP contribution is -2.48. The van der Waals surface area contributed by atoms with Crippen LogP contribution >= 0.6 is 10.8 Å². The smallest absolute Gasteiger partial charge is 0.241 e. The van der Waals surface area contributed by atoms with Gasteiger partial charge in [-0.25, -0.2) is 8.42 Å². The van der Waals surface area contributed by atoms with Gasteiger partial charge in [0.1, 0.15) is 11.3 Å². The number of carbonyl (C=O) groups excluding carboxylic acids is 2. The number of nitriles is 1. The minimum Gasteiger partial charge on any atom is -0.355 e. The molecule has 41 heavy (non-hydrogen) atoms. The molecule has 2 unspecified atom stereocenters. The molecule has 0 saturated carbocycles. The number of nitrogens with zero attached hydrogens (tertiary/aromatic N) is 1. The van der Waals surface area contributed by atoms with Crippen LogP contribution in [0.3, 0.4) is 0 Å². The summed E-state index contributed by atoms with van der Waals surface area (Å²) in [4.78, 5) is 25.0. The van der Waals surface area contributed by atoms with Crippen LogP contribution in [0.25, 0.3) is 0 Å². The van der Waals surface area contributed by atoms with E-state index in [0.29, 0.717) is 24.1 Å². The minimum atomic E-state index is -4.04. The number of aryl methyl sites for hydroxylation is 1. The second-order valence-electron chi connectivity index (χ2n) is 9.77. The monoisotopic (exact) mass is 596 g/mol. The zero-order valence-electron chi connectivity index (χ0n) is 22.2. The second-order valence-corrected chi connectivity index (χ2v) is 13.4. The quantitative estimate of drug-likeness (QED) is 0.198. The number of hydrogen-bond acceptors (Lipinski definition) is 7. The molecule has 5 N–H and O–H groups in total. The van der Waals surface area contributed by atoms with E-state index in [1.54, 1.807) is 24.3 Å². The molecule has 0 radical (unpaired) electrons. The van der Waals surface area contributed by atoms with E-state index < -0.39 is 43.9 Å². The molecule has 0 aromatic heterocycles. The maximum absolute atomic E-state index is 13.2. The molecular formula is C29H32N4O6S2. The molecule has 2 atom stereocenters. The fraction of sp³-hybridized carbons (Fsp3) is 0.276. The summed E-state index contributed by atoms with van der Waals surface area (Å²) in [6, 6.07) is 23.1. The Morgan fingerprint density at radius 2 is 1.71 bits per heavy atom. The largest absolute Gasteiger partial charge is 0.355 e. The van der Waals surface area contributed by atoms with Crippen molar-refractivity contribution in [3.63, 3.8) is 0 Å². The maximum atomic E-state index is 13.2. The summed E-state index contributed by atoms with van der Waals surface area (Å²) in [5.74, 6) is -1.04. The van der Waals surface area contributed by atoms with E-state index in [1.165, 1.54) is 29.8 Å². The first-order valence-corrected chi connectivity index (χ1v) is 16.2. The molecule has 3 aromatic carbocycles. The molecular weight excluding hydrogens is 564 g/mol. The zero-order chi connectivity index (χ0) is 29.5. The van der Waals surface area contributed by atoms with Gasteiger partial charge >= 0.3 is 0 Å². The molecule has 1 fully saturated rings. The van der Waals surface area contributed by atoms with Crippen LogP contribution in [0.1, 0.15) is 46.8 Å². The van der Waals surface area contributed by atoms with Gasteiger partial charge in [-0.3, -0.25) is 23.4 Å². The third-order valence-electron chi connectivity index (χ3n) is 6.76. The molecule has 12 heteroatoms. The fourth-order valence-electron chi connectivity index (χ4n) is 4.67. The Labute approximate surface area is 241 Å². The lowest BCUT2D eigenvalue weighted by Gasteiger charge is -2.33. The van der Waals surface area contributed by atoms with E-state index in [4.69, 9.17) is 0 Å². The summed E-state index contributed by atoms with van der Waals surface area (Å²) >= 11 is 0. The van der Waals surface area contributed by atoms with Gasteiger partial charge in [-0.15, -0.1) is 10.8 Å². The van der Waals surface area contributed by atoms with E-state index in [-0.39, 0.29) is 23.3 Å². The lowest BCUT2D eigenvalue weighted by molar-refractivity contribution is -0.122. The Kier molecular flexibility index (Phi) is 9.80. The van der Waals surface area contributed by atoms with Gasteiger partial charge in [-0.1, -0.05) is 60.7 Å². The topological polar surface area (TPSA) is 169 Å². The standard InChI is InChI=1S/C29H32N4O6S2/c30-20-23-17-22(14-15-25(23)27-19-28(34)33-41(27,38)39)18-26(32-40(36,37)24-12-5-2-6-13-24)29(35)31-16-8-7-11-21-9-3-1-4-10-21/h1-6,9-10,12-15,17,26-27,32,38-39H,7-8,11,16,18-19H2,(H,31,35)(H,33,34). The van der Waals surface area contributed by atoms with E-state index in [1.807, 2.05) is 36.4 Å². The van der Waals surface area contributed by atoms with Crippen LogP contribution in [-0.2, 0) is 32.5 Å². The van der Waals surface area contributed by atoms with Gasteiger partial charge in [0, 0.05) is 6.54 Å². The van der Waals surface area contributed by atoms with Crippen molar-refractivity contribution in [1.82, 2.24) is 14.8 Å². The molecule has 216 valence electrons. The maximum Gasteiger partial charge on any atom is 0.241 e. The van der Waals surface area contributed by atoms with Gasteiger partial charge in [0.15, 0.2) is 0 Å². The first kappa shape index (κ1) is 30.2. The Morgan fingerprint density at radius 3 is 2.34 bits per heavy atom. The van der Waals surface area contributed by atoms with Gasteiger partial charge in [-0.05, 0) is 60.6 Å². The van der Waals surface area contributed by atoms with Crippen LogP contribution in [0.5, 0.6) is 0 Å². The minimum absolute atomic E-state index is 0.0114. The van der Waals surface area contributed by atoms with Crippen LogP contribution < -0.4 is 14.8 Å². The number of amides is 2. The van der Waals surface area contributed by atoms with Crippen molar-refractivity contribution in [2.75, 3.05) is 6.54 Å². The SMILES string of the molecule is N#Cc1cc(CC(NS(=O)(=O)c2ccccc2)C(=O)NCCCCc2ccccc2)ccc1C1CC(=O)NS1(O)O. The zero-order valence-corrected chi connectivity index (χ0v) is 23.8. The third kappa shape index (κ3) is 7.93.